The van der Waals surface area contributed by atoms with Crippen LogP contribution in [0, 0.1) is 0 Å². The molecule has 1 fully saturated rings. The number of likely N-dealkylation sites (tertiary alicyclic amines) is 1. The van der Waals surface area contributed by atoms with Crippen molar-refractivity contribution in [1.29, 1.82) is 0 Å². The number of carbonyl (C=O) groups excluding carboxylic acids is 2. The molecule has 25 heavy (non-hydrogen) atoms. The normalized spacial score (nSPS) is 17.2. The first-order valence-electron chi connectivity index (χ1n) is 8.42. The smallest absolute Gasteiger partial charge is 0.317 e. The van der Waals surface area contributed by atoms with E-state index in [-0.39, 0.29) is 24.5 Å². The van der Waals surface area contributed by atoms with Crippen LogP contribution in [0.1, 0.15) is 25.5 Å². The highest BCUT2D eigenvalue weighted by atomic mass is 16.5. The highest BCUT2D eigenvalue weighted by molar-refractivity contribution is 5.75. The summed E-state index contributed by atoms with van der Waals surface area (Å²) in [6.45, 7) is 2.98. The van der Waals surface area contributed by atoms with E-state index in [1.807, 2.05) is 36.4 Å². The van der Waals surface area contributed by atoms with Crippen LogP contribution in [0.4, 0.5) is 4.79 Å². The molecule has 1 atom stereocenters. The third-order valence-electron chi connectivity index (χ3n) is 4.16. The number of hydrogen-bond acceptors (Lipinski definition) is 4. The Hall–Kier alpha value is -2.83. The zero-order valence-electron chi connectivity index (χ0n) is 14.2. The van der Waals surface area contributed by atoms with Crippen molar-refractivity contribution in [2.45, 2.75) is 32.4 Å². The molecule has 3 amide bonds. The summed E-state index contributed by atoms with van der Waals surface area (Å²) >= 11 is 0. The van der Waals surface area contributed by atoms with Crippen molar-refractivity contribution >= 4 is 11.9 Å². The minimum Gasteiger partial charge on any atom is -0.359 e. The van der Waals surface area contributed by atoms with Crippen molar-refractivity contribution < 1.29 is 14.1 Å². The standard InChI is InChI=1S/C18H22N4O3/c1-13(23)20-15-8-5-9-22(12-15)18(24)19-11-16-10-17(21-25-16)14-6-3-2-4-7-14/h2-4,6-7,10,15H,5,8-9,11-12H2,1H3,(H,19,24)(H,20,23)/t15-/m1/s1. The van der Waals surface area contributed by atoms with Gasteiger partial charge in [0.15, 0.2) is 5.76 Å². The van der Waals surface area contributed by atoms with Crippen molar-refractivity contribution in [3.63, 3.8) is 0 Å². The average Bonchev–Trinajstić information content (AvgIpc) is 3.09. The predicted molar refractivity (Wildman–Crippen MR) is 92.6 cm³/mol. The Morgan fingerprint density at radius 3 is 2.88 bits per heavy atom. The topological polar surface area (TPSA) is 87.5 Å². The summed E-state index contributed by atoms with van der Waals surface area (Å²) in [6.07, 6.45) is 1.77. The largest absolute Gasteiger partial charge is 0.359 e. The SMILES string of the molecule is CC(=O)N[C@@H]1CCCN(C(=O)NCc2cc(-c3ccccc3)no2)C1. The number of piperidine rings is 1. The zero-order chi connectivity index (χ0) is 17.6. The molecule has 0 spiro atoms. The molecule has 2 N–H and O–H groups in total. The molecule has 2 heterocycles. The molecule has 1 aromatic heterocycles. The molecule has 3 rings (SSSR count). The van der Waals surface area contributed by atoms with E-state index < -0.39 is 0 Å². The van der Waals surface area contributed by atoms with Crippen molar-refractivity contribution in [3.05, 3.63) is 42.2 Å². The fraction of sp³-hybridized carbons (Fsp3) is 0.389. The van der Waals surface area contributed by atoms with E-state index in [1.54, 1.807) is 4.90 Å². The maximum atomic E-state index is 12.3. The maximum Gasteiger partial charge on any atom is 0.317 e. The summed E-state index contributed by atoms with van der Waals surface area (Å²) in [6, 6.07) is 11.4. The first kappa shape index (κ1) is 17.0. The van der Waals surface area contributed by atoms with Crippen molar-refractivity contribution in [2.24, 2.45) is 0 Å². The molecule has 2 aromatic rings. The Morgan fingerprint density at radius 2 is 2.12 bits per heavy atom. The molecular weight excluding hydrogens is 320 g/mol. The van der Waals surface area contributed by atoms with Crippen molar-refractivity contribution in [1.82, 2.24) is 20.7 Å². The highest BCUT2D eigenvalue weighted by Gasteiger charge is 2.24. The zero-order valence-corrected chi connectivity index (χ0v) is 14.2. The summed E-state index contributed by atoms with van der Waals surface area (Å²) in [5, 5.41) is 9.75. The van der Waals surface area contributed by atoms with Gasteiger partial charge >= 0.3 is 6.03 Å². The number of amides is 3. The van der Waals surface area contributed by atoms with Crippen LogP contribution in [0.15, 0.2) is 40.9 Å². The maximum absolute atomic E-state index is 12.3. The van der Waals surface area contributed by atoms with Gasteiger partial charge in [0, 0.05) is 37.7 Å². The molecule has 1 aliphatic heterocycles. The van der Waals surface area contributed by atoms with Gasteiger partial charge in [0.05, 0.1) is 6.54 Å². The van der Waals surface area contributed by atoms with Crippen molar-refractivity contribution in [3.8, 4) is 11.3 Å². The Balaban J connectivity index is 1.52. The van der Waals surface area contributed by atoms with Crippen LogP contribution in [0.5, 0.6) is 0 Å². The van der Waals surface area contributed by atoms with Crippen LogP contribution in [0.3, 0.4) is 0 Å². The van der Waals surface area contributed by atoms with Gasteiger partial charge in [-0.3, -0.25) is 4.79 Å². The molecule has 7 heteroatoms. The molecule has 0 unspecified atom stereocenters. The molecule has 0 saturated carbocycles. The van der Waals surface area contributed by atoms with Crippen LogP contribution in [-0.2, 0) is 11.3 Å². The third-order valence-corrected chi connectivity index (χ3v) is 4.16. The van der Waals surface area contributed by atoms with Crippen LogP contribution >= 0.6 is 0 Å². The quantitative estimate of drug-likeness (QED) is 0.891. The lowest BCUT2D eigenvalue weighted by molar-refractivity contribution is -0.119. The molecule has 7 nitrogen and oxygen atoms in total. The van der Waals surface area contributed by atoms with E-state index in [2.05, 4.69) is 15.8 Å². The lowest BCUT2D eigenvalue weighted by atomic mass is 10.1. The molecule has 0 radical (unpaired) electrons. The van der Waals surface area contributed by atoms with Gasteiger partial charge in [-0.1, -0.05) is 35.5 Å². The summed E-state index contributed by atoms with van der Waals surface area (Å²) in [7, 11) is 0. The van der Waals surface area contributed by atoms with Gasteiger partial charge < -0.3 is 20.1 Å². The van der Waals surface area contributed by atoms with Gasteiger partial charge in [-0.05, 0) is 12.8 Å². The van der Waals surface area contributed by atoms with E-state index in [0.29, 0.717) is 18.8 Å². The van der Waals surface area contributed by atoms with E-state index >= 15 is 0 Å². The molecule has 132 valence electrons. The second-order valence-corrected chi connectivity index (χ2v) is 6.19. The second-order valence-electron chi connectivity index (χ2n) is 6.19. The minimum absolute atomic E-state index is 0.0203. The fourth-order valence-electron chi connectivity index (χ4n) is 2.98. The molecular formula is C18H22N4O3. The minimum atomic E-state index is -0.160. The number of nitrogens with one attached hydrogen (secondary N) is 2. The number of rotatable bonds is 4. The van der Waals surface area contributed by atoms with Gasteiger partial charge in [-0.15, -0.1) is 0 Å². The monoisotopic (exact) mass is 342 g/mol. The number of urea groups is 1. The van der Waals surface area contributed by atoms with E-state index in [1.165, 1.54) is 6.92 Å². The Morgan fingerprint density at radius 1 is 1.32 bits per heavy atom. The van der Waals surface area contributed by atoms with Crippen LogP contribution in [0.2, 0.25) is 0 Å². The Kier molecular flexibility index (Phi) is 5.33. The molecule has 1 aromatic carbocycles. The molecule has 0 aliphatic carbocycles. The summed E-state index contributed by atoms with van der Waals surface area (Å²) in [5.74, 6) is 0.532. The highest BCUT2D eigenvalue weighted by Crippen LogP contribution is 2.18. The summed E-state index contributed by atoms with van der Waals surface area (Å²) in [5.41, 5.74) is 1.71. The van der Waals surface area contributed by atoms with Crippen LogP contribution in [-0.4, -0.2) is 41.1 Å². The lowest BCUT2D eigenvalue weighted by Gasteiger charge is -2.32. The van der Waals surface area contributed by atoms with Gasteiger partial charge in [-0.25, -0.2) is 4.79 Å². The van der Waals surface area contributed by atoms with Gasteiger partial charge in [0.2, 0.25) is 5.91 Å². The number of hydrogen-bond donors (Lipinski definition) is 2. The molecule has 1 aliphatic rings. The average molecular weight is 342 g/mol. The molecule has 0 bridgehead atoms. The number of carbonyl (C=O) groups is 2. The van der Waals surface area contributed by atoms with Crippen LogP contribution < -0.4 is 10.6 Å². The van der Waals surface area contributed by atoms with Crippen LogP contribution in [0.25, 0.3) is 11.3 Å². The first-order valence-corrected chi connectivity index (χ1v) is 8.42. The number of nitrogens with zero attached hydrogens (tertiary/aromatic N) is 2. The number of aromatic nitrogens is 1. The number of benzene rings is 1. The van der Waals surface area contributed by atoms with E-state index in [0.717, 1.165) is 24.1 Å². The van der Waals surface area contributed by atoms with E-state index in [9.17, 15) is 9.59 Å². The predicted octanol–water partition coefficient (Wildman–Crippen LogP) is 2.15. The van der Waals surface area contributed by atoms with Gasteiger partial charge in [-0.2, -0.15) is 0 Å². The lowest BCUT2D eigenvalue weighted by Crippen LogP contribution is -2.51. The van der Waals surface area contributed by atoms with Crippen molar-refractivity contribution in [2.75, 3.05) is 13.1 Å². The fourth-order valence-corrected chi connectivity index (χ4v) is 2.98. The summed E-state index contributed by atoms with van der Waals surface area (Å²) < 4.78 is 5.29. The molecule has 1 saturated heterocycles. The second kappa shape index (κ2) is 7.83. The Labute approximate surface area is 146 Å². The first-order chi connectivity index (χ1) is 12.1. The Bertz CT molecular complexity index is 729. The summed E-state index contributed by atoms with van der Waals surface area (Å²) in [4.78, 5) is 25.2. The van der Waals surface area contributed by atoms with E-state index in [4.69, 9.17) is 4.52 Å². The van der Waals surface area contributed by atoms with Gasteiger partial charge in [0.1, 0.15) is 5.69 Å². The third kappa shape index (κ3) is 4.59. The van der Waals surface area contributed by atoms with Gasteiger partial charge in [0.25, 0.3) is 0 Å².